The molecule has 0 aromatic carbocycles. The zero-order chi connectivity index (χ0) is 22.7. The highest BCUT2D eigenvalue weighted by Crippen LogP contribution is 2.17. The van der Waals surface area contributed by atoms with E-state index in [4.69, 9.17) is 11.5 Å². The van der Waals surface area contributed by atoms with Gasteiger partial charge >= 0.3 is 0 Å². The molecule has 0 aliphatic heterocycles. The van der Waals surface area contributed by atoms with Crippen molar-refractivity contribution in [1.82, 2.24) is 21.3 Å². The van der Waals surface area contributed by atoms with Gasteiger partial charge < -0.3 is 32.7 Å². The molecule has 0 aliphatic rings. The molecule has 0 saturated heterocycles. The van der Waals surface area contributed by atoms with Gasteiger partial charge in [0, 0.05) is 19.5 Å². The maximum Gasteiger partial charge on any atom is 0.236 e. The molecule has 0 bridgehead atoms. The topological polar surface area (TPSA) is 134 Å². The molecule has 30 heavy (non-hydrogen) atoms. The molecule has 8 nitrogen and oxygen atoms in total. The number of carbonyl (C=O) groups is 2. The SMILES string of the molecule is CC(C)(C)CC(=O)NCCCC[C@H](N)C(=O)NCCCNCCCCNCCCN. The fraction of sp³-hybridized carbons (Fsp3) is 0.909. The summed E-state index contributed by atoms with van der Waals surface area (Å²) in [5, 5.41) is 12.6. The van der Waals surface area contributed by atoms with Gasteiger partial charge in [-0.25, -0.2) is 0 Å². The average molecular weight is 429 g/mol. The van der Waals surface area contributed by atoms with Gasteiger partial charge in [0.2, 0.25) is 11.8 Å². The summed E-state index contributed by atoms with van der Waals surface area (Å²) in [6.07, 6.45) is 7.05. The number of amides is 2. The third-order valence-electron chi connectivity index (χ3n) is 4.64. The number of rotatable bonds is 19. The number of nitrogens with two attached hydrogens (primary N) is 2. The fourth-order valence-electron chi connectivity index (χ4n) is 2.93. The van der Waals surface area contributed by atoms with Crippen molar-refractivity contribution in [3.05, 3.63) is 0 Å². The number of hydrogen-bond acceptors (Lipinski definition) is 6. The van der Waals surface area contributed by atoms with E-state index in [9.17, 15) is 9.59 Å². The van der Waals surface area contributed by atoms with Gasteiger partial charge in [-0.3, -0.25) is 9.59 Å². The van der Waals surface area contributed by atoms with E-state index in [2.05, 4.69) is 21.3 Å². The molecule has 8 N–H and O–H groups in total. The molecule has 0 aromatic rings. The van der Waals surface area contributed by atoms with E-state index >= 15 is 0 Å². The minimum absolute atomic E-state index is 0.00190. The van der Waals surface area contributed by atoms with Crippen LogP contribution in [0.3, 0.4) is 0 Å². The van der Waals surface area contributed by atoms with Crippen molar-refractivity contribution >= 4 is 11.8 Å². The quantitative estimate of drug-likeness (QED) is 0.169. The minimum atomic E-state index is -0.477. The summed E-state index contributed by atoms with van der Waals surface area (Å²) in [4.78, 5) is 23.8. The van der Waals surface area contributed by atoms with Crippen LogP contribution in [0.25, 0.3) is 0 Å². The Morgan fingerprint density at radius 1 is 0.767 bits per heavy atom. The van der Waals surface area contributed by atoms with Gasteiger partial charge in [0.25, 0.3) is 0 Å². The minimum Gasteiger partial charge on any atom is -0.356 e. The summed E-state index contributed by atoms with van der Waals surface area (Å²) in [6, 6.07) is -0.477. The van der Waals surface area contributed by atoms with E-state index in [-0.39, 0.29) is 17.2 Å². The number of hydrogen-bond donors (Lipinski definition) is 6. The van der Waals surface area contributed by atoms with E-state index in [1.165, 1.54) is 0 Å². The second kappa shape index (κ2) is 18.5. The number of carbonyl (C=O) groups excluding carboxylic acids is 2. The van der Waals surface area contributed by atoms with E-state index in [0.29, 0.717) is 25.9 Å². The second-order valence-corrected chi connectivity index (χ2v) is 9.18. The van der Waals surface area contributed by atoms with Gasteiger partial charge in [0.1, 0.15) is 0 Å². The normalized spacial score (nSPS) is 12.6. The summed E-state index contributed by atoms with van der Waals surface area (Å²) >= 11 is 0. The summed E-state index contributed by atoms with van der Waals surface area (Å²) < 4.78 is 0. The lowest BCUT2D eigenvalue weighted by atomic mass is 9.92. The lowest BCUT2D eigenvalue weighted by Gasteiger charge is -2.17. The highest BCUT2D eigenvalue weighted by atomic mass is 16.2. The van der Waals surface area contributed by atoms with Crippen LogP contribution < -0.4 is 32.7 Å². The highest BCUT2D eigenvalue weighted by Gasteiger charge is 2.15. The summed E-state index contributed by atoms with van der Waals surface area (Å²) in [5.74, 6) is -0.00681. The monoisotopic (exact) mass is 428 g/mol. The first-order chi connectivity index (χ1) is 14.3. The second-order valence-electron chi connectivity index (χ2n) is 9.18. The van der Waals surface area contributed by atoms with Crippen LogP contribution in [0.1, 0.15) is 72.1 Å². The zero-order valence-electron chi connectivity index (χ0n) is 19.7. The van der Waals surface area contributed by atoms with Gasteiger partial charge in [-0.15, -0.1) is 0 Å². The first-order valence-corrected chi connectivity index (χ1v) is 11.7. The first kappa shape index (κ1) is 28.8. The van der Waals surface area contributed by atoms with Crippen molar-refractivity contribution < 1.29 is 9.59 Å². The van der Waals surface area contributed by atoms with Gasteiger partial charge in [-0.2, -0.15) is 0 Å². The molecule has 178 valence electrons. The maximum absolute atomic E-state index is 12.0. The lowest BCUT2D eigenvalue weighted by molar-refractivity contribution is -0.123. The lowest BCUT2D eigenvalue weighted by Crippen LogP contribution is -2.41. The zero-order valence-corrected chi connectivity index (χ0v) is 19.7. The van der Waals surface area contributed by atoms with Crippen LogP contribution in [-0.4, -0.2) is 63.7 Å². The molecule has 0 saturated carbocycles. The van der Waals surface area contributed by atoms with Gasteiger partial charge in [0.15, 0.2) is 0 Å². The molecule has 0 heterocycles. The Bertz CT molecular complexity index is 440. The van der Waals surface area contributed by atoms with Crippen LogP contribution in [0.4, 0.5) is 0 Å². The Labute approximate surface area is 184 Å². The van der Waals surface area contributed by atoms with Crippen molar-refractivity contribution in [2.24, 2.45) is 16.9 Å². The summed E-state index contributed by atoms with van der Waals surface area (Å²) in [6.45, 7) is 12.1. The molecule has 0 unspecified atom stereocenters. The van der Waals surface area contributed by atoms with Crippen LogP contribution in [-0.2, 0) is 9.59 Å². The van der Waals surface area contributed by atoms with Crippen LogP contribution in [0.5, 0.6) is 0 Å². The molecule has 0 aromatic heterocycles. The third-order valence-corrected chi connectivity index (χ3v) is 4.64. The van der Waals surface area contributed by atoms with E-state index in [0.717, 1.165) is 71.2 Å². The Hall–Kier alpha value is -1.22. The van der Waals surface area contributed by atoms with Gasteiger partial charge in [0.05, 0.1) is 6.04 Å². The van der Waals surface area contributed by atoms with Gasteiger partial charge in [-0.05, 0) is 83.1 Å². The Morgan fingerprint density at radius 3 is 1.90 bits per heavy atom. The smallest absolute Gasteiger partial charge is 0.236 e. The fourth-order valence-corrected chi connectivity index (χ4v) is 2.93. The molecule has 0 spiro atoms. The molecule has 2 amide bonds. The van der Waals surface area contributed by atoms with Crippen molar-refractivity contribution in [2.75, 3.05) is 45.8 Å². The van der Waals surface area contributed by atoms with E-state index in [1.54, 1.807) is 0 Å². The summed E-state index contributed by atoms with van der Waals surface area (Å²) in [7, 11) is 0. The van der Waals surface area contributed by atoms with E-state index in [1.807, 2.05) is 20.8 Å². The molecule has 0 rings (SSSR count). The van der Waals surface area contributed by atoms with Crippen LogP contribution in [0, 0.1) is 5.41 Å². The summed E-state index contributed by atoms with van der Waals surface area (Å²) in [5.41, 5.74) is 11.4. The predicted molar refractivity (Wildman–Crippen MR) is 125 cm³/mol. The standard InChI is InChI=1S/C22H48N6O2/c1-22(2,3)18-20(29)27-16-5-4-10-19(24)21(30)28-17-9-15-26-13-7-6-12-25-14-8-11-23/h19,25-26H,4-18,23-24H2,1-3H3,(H,27,29)(H,28,30)/t19-/m0/s1. The first-order valence-electron chi connectivity index (χ1n) is 11.7. The highest BCUT2D eigenvalue weighted by molar-refractivity contribution is 5.81. The Morgan fingerprint density at radius 2 is 1.30 bits per heavy atom. The molecule has 0 radical (unpaired) electrons. The molecule has 0 aliphatic carbocycles. The molecular formula is C22H48N6O2. The number of unbranched alkanes of at least 4 members (excludes halogenated alkanes) is 2. The van der Waals surface area contributed by atoms with Crippen LogP contribution in [0.15, 0.2) is 0 Å². The average Bonchev–Trinajstić information content (AvgIpc) is 2.66. The maximum atomic E-state index is 12.0. The van der Waals surface area contributed by atoms with Crippen LogP contribution >= 0.6 is 0 Å². The molecule has 0 fully saturated rings. The van der Waals surface area contributed by atoms with E-state index < -0.39 is 6.04 Å². The van der Waals surface area contributed by atoms with Crippen molar-refractivity contribution in [2.45, 2.75) is 78.2 Å². The molecular weight excluding hydrogens is 380 g/mol. The predicted octanol–water partition coefficient (Wildman–Crippen LogP) is 0.851. The largest absolute Gasteiger partial charge is 0.356 e. The molecule has 8 heteroatoms. The van der Waals surface area contributed by atoms with Crippen molar-refractivity contribution in [3.8, 4) is 0 Å². The van der Waals surface area contributed by atoms with Crippen LogP contribution in [0.2, 0.25) is 0 Å². The molecule has 1 atom stereocenters. The van der Waals surface area contributed by atoms with Crippen molar-refractivity contribution in [1.29, 1.82) is 0 Å². The third kappa shape index (κ3) is 20.1. The van der Waals surface area contributed by atoms with Crippen molar-refractivity contribution in [3.63, 3.8) is 0 Å². The number of nitrogens with one attached hydrogen (secondary N) is 4. The van der Waals surface area contributed by atoms with Gasteiger partial charge in [-0.1, -0.05) is 20.8 Å². The Kier molecular flexibility index (Phi) is 17.8. The Balaban J connectivity index is 3.47.